The molecule has 0 aliphatic carbocycles. The van der Waals surface area contributed by atoms with Gasteiger partial charge in [-0.05, 0) is 24.1 Å². The SMILES string of the molecule is CCCCN1C(=O)NC(=O)C2C(c3cccc(F)c3)C3=C(COC3=O)NC21. The fourth-order valence-electron chi connectivity index (χ4n) is 4.08. The topological polar surface area (TPSA) is 87.7 Å². The number of amides is 3. The number of esters is 1. The van der Waals surface area contributed by atoms with Gasteiger partial charge in [-0.1, -0.05) is 25.5 Å². The number of fused-ring (bicyclic) bond motifs is 1. The van der Waals surface area contributed by atoms with E-state index in [4.69, 9.17) is 4.74 Å². The largest absolute Gasteiger partial charge is 0.456 e. The molecule has 1 saturated heterocycles. The molecule has 8 heteroatoms. The van der Waals surface area contributed by atoms with Gasteiger partial charge in [0.1, 0.15) is 18.6 Å². The van der Waals surface area contributed by atoms with Gasteiger partial charge in [0.05, 0.1) is 17.2 Å². The van der Waals surface area contributed by atoms with Gasteiger partial charge in [-0.3, -0.25) is 10.1 Å². The number of halogens is 1. The number of hydrogen-bond acceptors (Lipinski definition) is 5. The predicted octanol–water partition coefficient (Wildman–Crippen LogP) is 1.62. The number of urea groups is 1. The number of nitrogens with zero attached hydrogens (tertiary/aromatic N) is 1. The number of imide groups is 1. The molecule has 7 nitrogen and oxygen atoms in total. The number of ether oxygens (including phenoxy) is 1. The number of cyclic esters (lactones) is 1. The summed E-state index contributed by atoms with van der Waals surface area (Å²) in [5.74, 6) is -2.90. The lowest BCUT2D eigenvalue weighted by Crippen LogP contribution is -2.67. The van der Waals surface area contributed by atoms with E-state index in [1.807, 2.05) is 6.92 Å². The molecule has 3 amide bonds. The van der Waals surface area contributed by atoms with Crippen molar-refractivity contribution in [2.24, 2.45) is 5.92 Å². The Balaban J connectivity index is 1.82. The predicted molar refractivity (Wildman–Crippen MR) is 92.7 cm³/mol. The van der Waals surface area contributed by atoms with Crippen LogP contribution in [0.2, 0.25) is 0 Å². The third-order valence-corrected chi connectivity index (χ3v) is 5.31. The van der Waals surface area contributed by atoms with Crippen molar-refractivity contribution in [1.29, 1.82) is 0 Å². The molecular formula is C19H20FN3O4. The highest BCUT2D eigenvalue weighted by atomic mass is 19.1. The number of nitrogens with one attached hydrogen (secondary N) is 2. The molecule has 0 radical (unpaired) electrons. The maximum atomic E-state index is 13.9. The van der Waals surface area contributed by atoms with Crippen molar-refractivity contribution >= 4 is 17.9 Å². The van der Waals surface area contributed by atoms with Crippen molar-refractivity contribution < 1.29 is 23.5 Å². The average molecular weight is 373 g/mol. The van der Waals surface area contributed by atoms with Crippen molar-refractivity contribution in [3.63, 3.8) is 0 Å². The molecule has 0 bridgehead atoms. The monoisotopic (exact) mass is 373 g/mol. The molecule has 142 valence electrons. The van der Waals surface area contributed by atoms with Crippen LogP contribution in [0.1, 0.15) is 31.2 Å². The minimum Gasteiger partial charge on any atom is -0.456 e. The van der Waals surface area contributed by atoms with Crippen LogP contribution in [0, 0.1) is 11.7 Å². The van der Waals surface area contributed by atoms with Crippen LogP contribution >= 0.6 is 0 Å². The summed E-state index contributed by atoms with van der Waals surface area (Å²) in [6, 6.07) is 5.40. The molecule has 0 saturated carbocycles. The quantitative estimate of drug-likeness (QED) is 0.783. The summed E-state index contributed by atoms with van der Waals surface area (Å²) < 4.78 is 19.0. The average Bonchev–Trinajstić information content (AvgIpc) is 3.00. The summed E-state index contributed by atoms with van der Waals surface area (Å²) in [5, 5.41) is 5.55. The highest BCUT2D eigenvalue weighted by molar-refractivity contribution is 6.02. The van der Waals surface area contributed by atoms with Crippen LogP contribution in [0.15, 0.2) is 35.5 Å². The van der Waals surface area contributed by atoms with E-state index in [1.54, 1.807) is 17.0 Å². The Bertz CT molecular complexity index is 853. The van der Waals surface area contributed by atoms with E-state index in [0.717, 1.165) is 12.8 Å². The van der Waals surface area contributed by atoms with Gasteiger partial charge < -0.3 is 15.0 Å². The second kappa shape index (κ2) is 6.68. The van der Waals surface area contributed by atoms with Gasteiger partial charge in [0.2, 0.25) is 5.91 Å². The number of unbranched alkanes of at least 4 members (excludes halogenated alkanes) is 1. The van der Waals surface area contributed by atoms with Crippen molar-refractivity contribution in [1.82, 2.24) is 15.5 Å². The van der Waals surface area contributed by atoms with E-state index in [1.165, 1.54) is 12.1 Å². The van der Waals surface area contributed by atoms with Crippen LogP contribution in [0.4, 0.5) is 9.18 Å². The van der Waals surface area contributed by atoms with Crippen molar-refractivity contribution in [2.75, 3.05) is 13.2 Å². The fourth-order valence-corrected chi connectivity index (χ4v) is 4.08. The second-order valence-corrected chi connectivity index (χ2v) is 6.96. The van der Waals surface area contributed by atoms with Crippen LogP contribution < -0.4 is 10.6 Å². The van der Waals surface area contributed by atoms with Gasteiger partial charge in [0.25, 0.3) is 0 Å². The van der Waals surface area contributed by atoms with Crippen LogP contribution in [0.25, 0.3) is 0 Å². The third-order valence-electron chi connectivity index (χ3n) is 5.31. The second-order valence-electron chi connectivity index (χ2n) is 6.96. The Hall–Kier alpha value is -2.90. The lowest BCUT2D eigenvalue weighted by Gasteiger charge is -2.46. The Morgan fingerprint density at radius 1 is 1.30 bits per heavy atom. The zero-order valence-electron chi connectivity index (χ0n) is 14.8. The lowest BCUT2D eigenvalue weighted by molar-refractivity contribution is -0.136. The van der Waals surface area contributed by atoms with E-state index >= 15 is 0 Å². The molecule has 3 aliphatic rings. The fraction of sp³-hybridized carbons (Fsp3) is 0.421. The van der Waals surface area contributed by atoms with Gasteiger partial charge in [0.15, 0.2) is 0 Å². The molecular weight excluding hydrogens is 353 g/mol. The standard InChI is InChI=1S/C19H20FN3O4/c1-2-3-7-23-16-15(17(24)22-19(23)26)13(10-5-4-6-11(20)8-10)14-12(21-16)9-27-18(14)25/h4-6,8,13,15-16,21H,2-3,7,9H2,1H3,(H,22,24,26). The molecule has 0 spiro atoms. The van der Waals surface area contributed by atoms with E-state index in [-0.39, 0.29) is 6.61 Å². The minimum absolute atomic E-state index is 0.0562. The van der Waals surface area contributed by atoms with Crippen LogP contribution in [0.3, 0.4) is 0 Å². The maximum absolute atomic E-state index is 13.9. The molecule has 3 aliphatic heterocycles. The summed E-state index contributed by atoms with van der Waals surface area (Å²) in [7, 11) is 0. The number of benzene rings is 1. The Kier molecular flexibility index (Phi) is 4.33. The molecule has 3 atom stereocenters. The van der Waals surface area contributed by atoms with Crippen LogP contribution in [-0.2, 0) is 14.3 Å². The van der Waals surface area contributed by atoms with Gasteiger partial charge in [0, 0.05) is 12.5 Å². The first-order valence-corrected chi connectivity index (χ1v) is 9.05. The molecule has 0 aromatic heterocycles. The number of rotatable bonds is 4. The molecule has 1 aromatic carbocycles. The summed E-state index contributed by atoms with van der Waals surface area (Å²) >= 11 is 0. The third kappa shape index (κ3) is 2.85. The number of carbonyl (C=O) groups excluding carboxylic acids is 3. The summed E-state index contributed by atoms with van der Waals surface area (Å²) in [6.45, 7) is 2.54. The van der Waals surface area contributed by atoms with Gasteiger partial charge in [-0.15, -0.1) is 0 Å². The van der Waals surface area contributed by atoms with Crippen LogP contribution in [-0.4, -0.2) is 42.1 Å². The zero-order valence-corrected chi connectivity index (χ0v) is 14.8. The van der Waals surface area contributed by atoms with Crippen molar-refractivity contribution in [3.05, 3.63) is 46.9 Å². The summed E-state index contributed by atoms with van der Waals surface area (Å²) in [5.41, 5.74) is 1.40. The highest BCUT2D eigenvalue weighted by Crippen LogP contribution is 2.43. The molecule has 2 N–H and O–H groups in total. The summed E-state index contributed by atoms with van der Waals surface area (Å²) in [6.07, 6.45) is 1.05. The number of carbonyl (C=O) groups is 3. The molecule has 27 heavy (non-hydrogen) atoms. The van der Waals surface area contributed by atoms with Crippen molar-refractivity contribution in [2.45, 2.75) is 31.8 Å². The molecule has 4 rings (SSSR count). The van der Waals surface area contributed by atoms with E-state index in [0.29, 0.717) is 23.4 Å². The van der Waals surface area contributed by atoms with Crippen molar-refractivity contribution in [3.8, 4) is 0 Å². The lowest BCUT2D eigenvalue weighted by atomic mass is 9.74. The van der Waals surface area contributed by atoms with Crippen LogP contribution in [0.5, 0.6) is 0 Å². The Labute approximate surface area is 155 Å². The first-order chi connectivity index (χ1) is 13.0. The zero-order chi connectivity index (χ0) is 19.1. The maximum Gasteiger partial charge on any atom is 0.336 e. The normalized spacial score (nSPS) is 27.0. The van der Waals surface area contributed by atoms with Gasteiger partial charge >= 0.3 is 12.0 Å². The molecule has 1 aromatic rings. The van der Waals surface area contributed by atoms with E-state index < -0.39 is 41.7 Å². The highest BCUT2D eigenvalue weighted by Gasteiger charge is 2.53. The van der Waals surface area contributed by atoms with Gasteiger partial charge in [-0.25, -0.2) is 14.0 Å². The van der Waals surface area contributed by atoms with E-state index in [2.05, 4.69) is 10.6 Å². The van der Waals surface area contributed by atoms with Gasteiger partial charge in [-0.2, -0.15) is 0 Å². The molecule has 3 unspecified atom stereocenters. The number of hydrogen-bond donors (Lipinski definition) is 2. The smallest absolute Gasteiger partial charge is 0.336 e. The Morgan fingerprint density at radius 3 is 2.85 bits per heavy atom. The Morgan fingerprint density at radius 2 is 2.11 bits per heavy atom. The first-order valence-electron chi connectivity index (χ1n) is 9.05. The van der Waals surface area contributed by atoms with E-state index in [9.17, 15) is 18.8 Å². The molecule has 1 fully saturated rings. The molecule has 3 heterocycles. The minimum atomic E-state index is -0.759. The first kappa shape index (κ1) is 17.5. The summed E-state index contributed by atoms with van der Waals surface area (Å²) in [4.78, 5) is 39.1.